The van der Waals surface area contributed by atoms with Crippen molar-refractivity contribution in [2.45, 2.75) is 6.42 Å². The number of hydrogen-bond donors (Lipinski definition) is 0. The highest BCUT2D eigenvalue weighted by molar-refractivity contribution is 6.31. The van der Waals surface area contributed by atoms with Gasteiger partial charge in [0.15, 0.2) is 0 Å². The summed E-state index contributed by atoms with van der Waals surface area (Å²) in [7, 11) is 0. The van der Waals surface area contributed by atoms with Crippen LogP contribution in [0, 0.1) is 0 Å². The minimum absolute atomic E-state index is 0.215. The molecule has 114 valence electrons. The molecular formula is C14H13Cl2N5O. The average molecular weight is 338 g/mol. The maximum atomic E-state index is 6.26. The number of rotatable bonds is 1. The Morgan fingerprint density at radius 2 is 2.05 bits per heavy atom. The van der Waals surface area contributed by atoms with Gasteiger partial charge >= 0.3 is 0 Å². The molecule has 0 atom stereocenters. The van der Waals surface area contributed by atoms with Crippen molar-refractivity contribution >= 4 is 45.4 Å². The molecule has 4 heterocycles. The molecule has 3 aromatic heterocycles. The molecule has 0 saturated carbocycles. The van der Waals surface area contributed by atoms with Gasteiger partial charge in [-0.15, -0.1) is 0 Å². The molecule has 0 radical (unpaired) electrons. The molecule has 0 unspecified atom stereocenters. The van der Waals surface area contributed by atoms with Crippen LogP contribution in [0.15, 0.2) is 18.3 Å². The molecule has 8 heteroatoms. The summed E-state index contributed by atoms with van der Waals surface area (Å²) in [5, 5.41) is 5.87. The third kappa shape index (κ3) is 2.27. The molecule has 1 aliphatic rings. The van der Waals surface area contributed by atoms with Gasteiger partial charge in [0.1, 0.15) is 11.0 Å². The number of hydrogen-bond acceptors (Lipinski definition) is 5. The molecule has 0 bridgehead atoms. The minimum atomic E-state index is 0.215. The third-order valence-electron chi connectivity index (χ3n) is 3.77. The number of aromatic nitrogens is 4. The van der Waals surface area contributed by atoms with Crippen LogP contribution in [-0.4, -0.2) is 45.9 Å². The summed E-state index contributed by atoms with van der Waals surface area (Å²) in [6, 6.07) is 3.67. The van der Waals surface area contributed by atoms with Gasteiger partial charge in [-0.1, -0.05) is 11.6 Å². The summed E-state index contributed by atoms with van der Waals surface area (Å²) in [5.74, 6) is 0.808. The van der Waals surface area contributed by atoms with Gasteiger partial charge in [0.25, 0.3) is 0 Å². The van der Waals surface area contributed by atoms with Crippen molar-refractivity contribution in [3.8, 4) is 0 Å². The van der Waals surface area contributed by atoms with Gasteiger partial charge in [0, 0.05) is 25.8 Å². The van der Waals surface area contributed by atoms with Gasteiger partial charge in [0.2, 0.25) is 5.28 Å². The van der Waals surface area contributed by atoms with Gasteiger partial charge in [-0.2, -0.15) is 10.1 Å². The minimum Gasteiger partial charge on any atom is -0.380 e. The van der Waals surface area contributed by atoms with E-state index in [1.165, 1.54) is 0 Å². The predicted octanol–water partition coefficient (Wildman–Crippen LogP) is 2.81. The fraction of sp³-hybridized carbons (Fsp3) is 0.357. The van der Waals surface area contributed by atoms with Crippen molar-refractivity contribution in [2.75, 3.05) is 31.2 Å². The highest BCUT2D eigenvalue weighted by atomic mass is 35.5. The standard InChI is InChI=1S/C14H13Cl2N5O/c15-11-8-9-12(10-2-3-17-21(10)11)13(19-14(16)18-9)20-4-1-6-22-7-5-20/h2-3,8H,1,4-7H2. The lowest BCUT2D eigenvalue weighted by Crippen LogP contribution is -2.27. The van der Waals surface area contributed by atoms with E-state index in [4.69, 9.17) is 27.9 Å². The van der Waals surface area contributed by atoms with E-state index in [2.05, 4.69) is 20.0 Å². The monoisotopic (exact) mass is 337 g/mol. The van der Waals surface area contributed by atoms with E-state index in [1.807, 2.05) is 6.07 Å². The van der Waals surface area contributed by atoms with Crippen LogP contribution in [0.25, 0.3) is 16.4 Å². The second-order valence-electron chi connectivity index (χ2n) is 5.12. The second kappa shape index (κ2) is 5.53. The zero-order chi connectivity index (χ0) is 15.1. The van der Waals surface area contributed by atoms with Crippen molar-refractivity contribution in [3.05, 3.63) is 28.8 Å². The Hall–Kier alpha value is -1.63. The van der Waals surface area contributed by atoms with Gasteiger partial charge in [0.05, 0.1) is 29.2 Å². The molecule has 3 aromatic rings. The fourth-order valence-corrected chi connectivity index (χ4v) is 3.22. The van der Waals surface area contributed by atoms with Crippen molar-refractivity contribution < 1.29 is 4.74 Å². The number of anilines is 1. The van der Waals surface area contributed by atoms with Gasteiger partial charge in [-0.25, -0.2) is 9.50 Å². The van der Waals surface area contributed by atoms with Crippen LogP contribution in [0.4, 0.5) is 5.82 Å². The number of ether oxygens (including phenoxy) is 1. The Morgan fingerprint density at radius 3 is 2.95 bits per heavy atom. The van der Waals surface area contributed by atoms with E-state index in [1.54, 1.807) is 16.8 Å². The lowest BCUT2D eigenvalue weighted by Gasteiger charge is -2.22. The van der Waals surface area contributed by atoms with Gasteiger partial charge in [-0.3, -0.25) is 0 Å². The van der Waals surface area contributed by atoms with Crippen molar-refractivity contribution in [1.29, 1.82) is 0 Å². The van der Waals surface area contributed by atoms with Crippen LogP contribution in [0.1, 0.15) is 6.42 Å². The maximum Gasteiger partial charge on any atom is 0.224 e. The van der Waals surface area contributed by atoms with E-state index < -0.39 is 0 Å². The average Bonchev–Trinajstić information content (AvgIpc) is 2.82. The van der Waals surface area contributed by atoms with Crippen molar-refractivity contribution in [2.24, 2.45) is 0 Å². The first-order valence-electron chi connectivity index (χ1n) is 7.06. The molecule has 1 saturated heterocycles. The highest BCUT2D eigenvalue weighted by Gasteiger charge is 2.19. The van der Waals surface area contributed by atoms with Crippen LogP contribution >= 0.6 is 23.2 Å². The van der Waals surface area contributed by atoms with E-state index in [0.717, 1.165) is 48.4 Å². The zero-order valence-corrected chi connectivity index (χ0v) is 13.2. The third-order valence-corrected chi connectivity index (χ3v) is 4.21. The van der Waals surface area contributed by atoms with Crippen LogP contribution in [0.5, 0.6) is 0 Å². The van der Waals surface area contributed by atoms with E-state index in [9.17, 15) is 0 Å². The number of pyridine rings is 1. The molecule has 0 spiro atoms. The van der Waals surface area contributed by atoms with E-state index >= 15 is 0 Å². The highest BCUT2D eigenvalue weighted by Crippen LogP contribution is 2.32. The molecule has 0 aliphatic carbocycles. The summed E-state index contributed by atoms with van der Waals surface area (Å²) in [5.41, 5.74) is 1.59. The van der Waals surface area contributed by atoms with Gasteiger partial charge in [-0.05, 0) is 24.1 Å². The van der Waals surface area contributed by atoms with Crippen molar-refractivity contribution in [3.63, 3.8) is 0 Å². The predicted molar refractivity (Wildman–Crippen MR) is 86.0 cm³/mol. The Bertz CT molecular complexity index is 842. The Kier molecular flexibility index (Phi) is 3.52. The van der Waals surface area contributed by atoms with Crippen LogP contribution < -0.4 is 4.90 Å². The molecule has 0 N–H and O–H groups in total. The zero-order valence-electron chi connectivity index (χ0n) is 11.7. The number of fused-ring (bicyclic) bond motifs is 3. The summed E-state index contributed by atoms with van der Waals surface area (Å²) in [4.78, 5) is 11.0. The smallest absolute Gasteiger partial charge is 0.224 e. The quantitative estimate of drug-likeness (QED) is 0.504. The van der Waals surface area contributed by atoms with Crippen LogP contribution in [-0.2, 0) is 4.74 Å². The SMILES string of the molecule is Clc1nc(N2CCCOCC2)c2c(cc(Cl)n3nccc23)n1. The van der Waals surface area contributed by atoms with Crippen molar-refractivity contribution in [1.82, 2.24) is 19.6 Å². The molecule has 6 nitrogen and oxygen atoms in total. The Morgan fingerprint density at radius 1 is 1.14 bits per heavy atom. The molecule has 1 fully saturated rings. The molecule has 0 aromatic carbocycles. The van der Waals surface area contributed by atoms with E-state index in [0.29, 0.717) is 11.8 Å². The van der Waals surface area contributed by atoms with Crippen LogP contribution in [0.3, 0.4) is 0 Å². The number of nitrogens with zero attached hydrogens (tertiary/aromatic N) is 5. The second-order valence-corrected chi connectivity index (χ2v) is 5.85. The number of halogens is 2. The molecule has 0 amide bonds. The molecule has 4 rings (SSSR count). The lowest BCUT2D eigenvalue weighted by atomic mass is 10.2. The largest absolute Gasteiger partial charge is 0.380 e. The Balaban J connectivity index is 2.01. The topological polar surface area (TPSA) is 55.6 Å². The summed E-state index contributed by atoms with van der Waals surface area (Å²) < 4.78 is 7.20. The van der Waals surface area contributed by atoms with E-state index in [-0.39, 0.29) is 5.28 Å². The summed E-state index contributed by atoms with van der Waals surface area (Å²) in [6.45, 7) is 3.07. The van der Waals surface area contributed by atoms with Gasteiger partial charge < -0.3 is 9.64 Å². The fourth-order valence-electron chi connectivity index (χ4n) is 2.81. The normalized spacial score (nSPS) is 16.4. The van der Waals surface area contributed by atoms with Crippen LogP contribution in [0.2, 0.25) is 10.4 Å². The Labute approximate surface area is 136 Å². The first-order chi connectivity index (χ1) is 10.7. The first-order valence-corrected chi connectivity index (χ1v) is 7.82. The lowest BCUT2D eigenvalue weighted by molar-refractivity contribution is 0.152. The molecular weight excluding hydrogens is 325 g/mol. The summed E-state index contributed by atoms with van der Waals surface area (Å²) >= 11 is 12.4. The molecule has 1 aliphatic heterocycles. The summed E-state index contributed by atoms with van der Waals surface area (Å²) in [6.07, 6.45) is 2.66. The molecule has 22 heavy (non-hydrogen) atoms. The first kappa shape index (κ1) is 14.0. The maximum absolute atomic E-state index is 6.26.